The van der Waals surface area contributed by atoms with Crippen molar-refractivity contribution in [2.24, 2.45) is 0 Å². The number of Topliss-reactive ketones (excluding diaryl/α,β-unsaturated/α-hetero) is 1. The topological polar surface area (TPSA) is 114 Å². The van der Waals surface area contributed by atoms with Crippen LogP contribution in [0.4, 0.5) is 0 Å². The highest BCUT2D eigenvalue weighted by Gasteiger charge is 2.09. The number of para-hydroxylation sites is 1. The van der Waals surface area contributed by atoms with E-state index in [4.69, 9.17) is 23.7 Å². The van der Waals surface area contributed by atoms with Crippen LogP contribution in [-0.4, -0.2) is 56.7 Å². The highest BCUT2D eigenvalue weighted by atomic mass is 16.6. The molecule has 0 heterocycles. The lowest BCUT2D eigenvalue weighted by Crippen LogP contribution is -2.19. The standard InChI is InChI=1S/C30H38O9/c31-26(22-38-27-16-8-2-9-17-27)15-7-3-11-19-36-29(33)23-35-24-30(34)37-20-12-4-10-18-28(32)39-21-25-13-5-1-6-14-25/h1-2,5-6,8-9,13-14,16-17H,3-4,7,10-12,15,18-24H2. The second kappa shape index (κ2) is 20.3. The second-order valence-electron chi connectivity index (χ2n) is 8.84. The van der Waals surface area contributed by atoms with Crippen LogP contribution in [0.1, 0.15) is 56.9 Å². The number of ether oxygens (including phenoxy) is 5. The molecule has 39 heavy (non-hydrogen) atoms. The first-order chi connectivity index (χ1) is 19.0. The molecule has 2 aromatic carbocycles. The van der Waals surface area contributed by atoms with Crippen molar-refractivity contribution in [1.82, 2.24) is 0 Å². The molecule has 2 aromatic rings. The van der Waals surface area contributed by atoms with Crippen molar-refractivity contribution >= 4 is 23.7 Å². The zero-order valence-electron chi connectivity index (χ0n) is 22.3. The van der Waals surface area contributed by atoms with Crippen molar-refractivity contribution in [3.05, 3.63) is 66.2 Å². The normalized spacial score (nSPS) is 10.5. The van der Waals surface area contributed by atoms with E-state index in [0.717, 1.165) is 18.4 Å². The third-order valence-electron chi connectivity index (χ3n) is 5.48. The molecular formula is C30H38O9. The molecule has 0 amide bonds. The molecule has 0 saturated carbocycles. The van der Waals surface area contributed by atoms with E-state index in [1.807, 2.05) is 48.5 Å². The van der Waals surface area contributed by atoms with Gasteiger partial charge in [-0.05, 0) is 56.2 Å². The number of ketones is 1. The van der Waals surface area contributed by atoms with Gasteiger partial charge in [-0.15, -0.1) is 0 Å². The molecule has 0 fully saturated rings. The highest BCUT2D eigenvalue weighted by molar-refractivity contribution is 5.79. The lowest BCUT2D eigenvalue weighted by Gasteiger charge is -2.07. The van der Waals surface area contributed by atoms with Crippen molar-refractivity contribution < 1.29 is 42.9 Å². The van der Waals surface area contributed by atoms with Gasteiger partial charge in [0, 0.05) is 12.8 Å². The van der Waals surface area contributed by atoms with Gasteiger partial charge >= 0.3 is 17.9 Å². The number of rotatable bonds is 21. The van der Waals surface area contributed by atoms with Gasteiger partial charge in [0.2, 0.25) is 0 Å². The summed E-state index contributed by atoms with van der Waals surface area (Å²) in [7, 11) is 0. The molecule has 0 aliphatic carbocycles. The summed E-state index contributed by atoms with van der Waals surface area (Å²) < 4.78 is 25.8. The Balaban J connectivity index is 1.34. The molecule has 0 bridgehead atoms. The minimum absolute atomic E-state index is 0.0235. The Morgan fingerprint density at radius 2 is 1.10 bits per heavy atom. The third kappa shape index (κ3) is 16.7. The van der Waals surface area contributed by atoms with Crippen molar-refractivity contribution in [3.8, 4) is 5.75 Å². The summed E-state index contributed by atoms with van der Waals surface area (Å²) in [6, 6.07) is 18.6. The molecule has 0 spiro atoms. The van der Waals surface area contributed by atoms with Gasteiger partial charge < -0.3 is 23.7 Å². The summed E-state index contributed by atoms with van der Waals surface area (Å²) in [5.41, 5.74) is 0.944. The number of hydrogen-bond acceptors (Lipinski definition) is 9. The molecule has 0 aliphatic heterocycles. The monoisotopic (exact) mass is 542 g/mol. The Hall–Kier alpha value is -3.72. The van der Waals surface area contributed by atoms with Crippen LogP contribution >= 0.6 is 0 Å². The molecule has 9 heteroatoms. The van der Waals surface area contributed by atoms with E-state index in [0.29, 0.717) is 44.3 Å². The third-order valence-corrected chi connectivity index (χ3v) is 5.48. The maximum absolute atomic E-state index is 11.8. The van der Waals surface area contributed by atoms with Gasteiger partial charge in [0.25, 0.3) is 0 Å². The molecule has 9 nitrogen and oxygen atoms in total. The van der Waals surface area contributed by atoms with Crippen LogP contribution in [0.3, 0.4) is 0 Å². The van der Waals surface area contributed by atoms with Crippen molar-refractivity contribution in [3.63, 3.8) is 0 Å². The number of carbonyl (C=O) groups is 4. The van der Waals surface area contributed by atoms with E-state index in [9.17, 15) is 19.2 Å². The quantitative estimate of drug-likeness (QED) is 0.127. The number of carbonyl (C=O) groups excluding carboxylic acids is 4. The largest absolute Gasteiger partial charge is 0.486 e. The zero-order chi connectivity index (χ0) is 28.0. The average Bonchev–Trinajstić information content (AvgIpc) is 2.95. The first-order valence-electron chi connectivity index (χ1n) is 13.3. The summed E-state index contributed by atoms with van der Waals surface area (Å²) in [5, 5.41) is 0. The van der Waals surface area contributed by atoms with Crippen LogP contribution in [0, 0.1) is 0 Å². The number of hydrogen-bond donors (Lipinski definition) is 0. The first kappa shape index (κ1) is 31.5. The molecule has 0 N–H and O–H groups in total. The van der Waals surface area contributed by atoms with Crippen LogP contribution in [0.2, 0.25) is 0 Å². The van der Waals surface area contributed by atoms with E-state index in [1.54, 1.807) is 12.1 Å². The Morgan fingerprint density at radius 3 is 1.72 bits per heavy atom. The summed E-state index contributed by atoms with van der Waals surface area (Å²) in [6.45, 7) is 0.0706. The Morgan fingerprint density at radius 1 is 0.538 bits per heavy atom. The van der Waals surface area contributed by atoms with Crippen LogP contribution in [-0.2, 0) is 44.7 Å². The van der Waals surface area contributed by atoms with Crippen LogP contribution < -0.4 is 4.74 Å². The van der Waals surface area contributed by atoms with Crippen LogP contribution in [0.5, 0.6) is 5.75 Å². The molecule has 212 valence electrons. The lowest BCUT2D eigenvalue weighted by molar-refractivity contribution is -0.155. The fraction of sp³-hybridized carbons (Fsp3) is 0.467. The molecule has 0 radical (unpaired) electrons. The first-order valence-corrected chi connectivity index (χ1v) is 13.3. The maximum atomic E-state index is 11.8. The number of unbranched alkanes of at least 4 members (excludes halogenated alkanes) is 4. The zero-order valence-corrected chi connectivity index (χ0v) is 22.3. The Bertz CT molecular complexity index is 897. The highest BCUT2D eigenvalue weighted by Crippen LogP contribution is 2.09. The van der Waals surface area contributed by atoms with E-state index in [1.165, 1.54) is 0 Å². The van der Waals surface area contributed by atoms with E-state index < -0.39 is 11.9 Å². The maximum Gasteiger partial charge on any atom is 0.332 e. The van der Waals surface area contributed by atoms with Gasteiger partial charge in [0.05, 0.1) is 13.2 Å². The van der Waals surface area contributed by atoms with Crippen molar-refractivity contribution in [1.29, 1.82) is 0 Å². The number of esters is 3. The fourth-order valence-electron chi connectivity index (χ4n) is 3.39. The van der Waals surface area contributed by atoms with Gasteiger partial charge in [-0.3, -0.25) is 9.59 Å². The SMILES string of the molecule is O=C(CCCCCOC(=O)COCC(=O)OCCCCCC(=O)OCc1ccccc1)COc1ccccc1. The number of benzene rings is 2. The van der Waals surface area contributed by atoms with Crippen LogP contribution in [0.15, 0.2) is 60.7 Å². The van der Waals surface area contributed by atoms with E-state index in [-0.39, 0.29) is 51.4 Å². The van der Waals surface area contributed by atoms with Gasteiger partial charge in [0.15, 0.2) is 5.78 Å². The van der Waals surface area contributed by atoms with Crippen LogP contribution in [0.25, 0.3) is 0 Å². The van der Waals surface area contributed by atoms with E-state index >= 15 is 0 Å². The minimum Gasteiger partial charge on any atom is -0.486 e. The van der Waals surface area contributed by atoms with E-state index in [2.05, 4.69) is 0 Å². The van der Waals surface area contributed by atoms with Gasteiger partial charge in [-0.25, -0.2) is 9.59 Å². The van der Waals surface area contributed by atoms with Crippen molar-refractivity contribution in [2.75, 3.05) is 33.0 Å². The molecule has 0 unspecified atom stereocenters. The van der Waals surface area contributed by atoms with Gasteiger partial charge in [-0.1, -0.05) is 48.5 Å². The molecule has 2 rings (SSSR count). The Labute approximate surface area is 229 Å². The molecule has 0 saturated heterocycles. The smallest absolute Gasteiger partial charge is 0.332 e. The van der Waals surface area contributed by atoms with Gasteiger partial charge in [-0.2, -0.15) is 0 Å². The predicted octanol–water partition coefficient (Wildman–Crippen LogP) is 4.60. The summed E-state index contributed by atoms with van der Waals surface area (Å²) in [4.78, 5) is 47.0. The van der Waals surface area contributed by atoms with Crippen molar-refractivity contribution in [2.45, 2.75) is 58.0 Å². The Kier molecular flexibility index (Phi) is 16.4. The molecule has 0 aliphatic rings. The fourth-order valence-corrected chi connectivity index (χ4v) is 3.39. The minimum atomic E-state index is -0.564. The second-order valence-corrected chi connectivity index (χ2v) is 8.84. The predicted molar refractivity (Wildman–Crippen MR) is 143 cm³/mol. The summed E-state index contributed by atoms with van der Waals surface area (Å²) >= 11 is 0. The average molecular weight is 543 g/mol. The molecule has 0 atom stereocenters. The summed E-state index contributed by atoms with van der Waals surface area (Å²) in [6.07, 6.45) is 4.77. The lowest BCUT2D eigenvalue weighted by atomic mass is 10.1. The molecular weight excluding hydrogens is 504 g/mol. The summed E-state index contributed by atoms with van der Waals surface area (Å²) in [5.74, 6) is -0.689. The van der Waals surface area contributed by atoms with Gasteiger partial charge in [0.1, 0.15) is 32.2 Å². The molecule has 0 aromatic heterocycles.